The molecule has 112 valence electrons. The number of likely N-dealkylation sites (N-methyl/N-ethyl adjacent to an activating group) is 1. The Labute approximate surface area is 132 Å². The first kappa shape index (κ1) is 15.9. The van der Waals surface area contributed by atoms with E-state index in [1.165, 1.54) is 27.3 Å². The maximum absolute atomic E-state index is 6.04. The van der Waals surface area contributed by atoms with Gasteiger partial charge in [0.2, 0.25) is 0 Å². The minimum atomic E-state index is 0.196. The third-order valence-electron chi connectivity index (χ3n) is 3.81. The van der Waals surface area contributed by atoms with Crippen LogP contribution >= 0.6 is 11.8 Å². The summed E-state index contributed by atoms with van der Waals surface area (Å²) in [6, 6.07) is 15.5. The standard InChI is InChI=1S/C18H24N2S/c1-13-9-14(2)11-16(10-13)20(3)18(12-19)15-5-7-17(21-4)8-6-15/h5-11,18H,12,19H2,1-4H3. The molecule has 2 rings (SSSR count). The molecule has 2 N–H and O–H groups in total. The van der Waals surface area contributed by atoms with Crippen molar-refractivity contribution in [2.45, 2.75) is 24.8 Å². The van der Waals surface area contributed by atoms with Gasteiger partial charge in [-0.3, -0.25) is 0 Å². The van der Waals surface area contributed by atoms with Crippen LogP contribution in [0, 0.1) is 13.8 Å². The average Bonchev–Trinajstić information content (AvgIpc) is 2.47. The first-order chi connectivity index (χ1) is 10.0. The van der Waals surface area contributed by atoms with Crippen molar-refractivity contribution in [3.8, 4) is 0 Å². The molecule has 0 amide bonds. The fourth-order valence-electron chi connectivity index (χ4n) is 2.68. The van der Waals surface area contributed by atoms with E-state index in [1.807, 2.05) is 0 Å². The van der Waals surface area contributed by atoms with Gasteiger partial charge in [-0.15, -0.1) is 11.8 Å². The Bertz CT molecular complexity index is 572. The minimum Gasteiger partial charge on any atom is -0.366 e. The normalized spacial score (nSPS) is 12.2. The Morgan fingerprint density at radius 1 is 1.05 bits per heavy atom. The van der Waals surface area contributed by atoms with Crippen molar-refractivity contribution in [3.63, 3.8) is 0 Å². The van der Waals surface area contributed by atoms with E-state index in [2.05, 4.69) is 74.5 Å². The molecule has 1 unspecified atom stereocenters. The molecule has 0 saturated carbocycles. The average molecular weight is 300 g/mol. The van der Waals surface area contributed by atoms with E-state index in [0.29, 0.717) is 6.54 Å². The van der Waals surface area contributed by atoms with Crippen molar-refractivity contribution in [2.75, 3.05) is 24.7 Å². The van der Waals surface area contributed by atoms with Crippen molar-refractivity contribution in [2.24, 2.45) is 5.73 Å². The van der Waals surface area contributed by atoms with Crippen molar-refractivity contribution in [1.82, 2.24) is 0 Å². The van der Waals surface area contributed by atoms with Gasteiger partial charge in [0.05, 0.1) is 6.04 Å². The number of benzene rings is 2. The van der Waals surface area contributed by atoms with Crippen LogP contribution in [0.4, 0.5) is 5.69 Å². The highest BCUT2D eigenvalue weighted by Gasteiger charge is 2.16. The van der Waals surface area contributed by atoms with Crippen LogP contribution in [0.2, 0.25) is 0 Å². The largest absolute Gasteiger partial charge is 0.366 e. The zero-order valence-electron chi connectivity index (χ0n) is 13.3. The Balaban J connectivity index is 2.30. The molecule has 0 fully saturated rings. The number of rotatable bonds is 5. The number of nitrogens with zero attached hydrogens (tertiary/aromatic N) is 1. The molecule has 0 aliphatic heterocycles. The summed E-state index contributed by atoms with van der Waals surface area (Å²) < 4.78 is 0. The number of hydrogen-bond donors (Lipinski definition) is 1. The number of hydrogen-bond acceptors (Lipinski definition) is 3. The number of nitrogens with two attached hydrogens (primary N) is 1. The maximum Gasteiger partial charge on any atom is 0.0661 e. The Hall–Kier alpha value is -1.45. The van der Waals surface area contributed by atoms with Crippen LogP contribution in [0.1, 0.15) is 22.7 Å². The fourth-order valence-corrected chi connectivity index (χ4v) is 3.09. The zero-order valence-corrected chi connectivity index (χ0v) is 14.1. The molecular weight excluding hydrogens is 276 g/mol. The highest BCUT2D eigenvalue weighted by Crippen LogP contribution is 2.27. The van der Waals surface area contributed by atoms with Gasteiger partial charge in [-0.05, 0) is 61.1 Å². The lowest BCUT2D eigenvalue weighted by Crippen LogP contribution is -2.30. The van der Waals surface area contributed by atoms with E-state index in [4.69, 9.17) is 5.73 Å². The summed E-state index contributed by atoms with van der Waals surface area (Å²) in [6.07, 6.45) is 2.09. The summed E-state index contributed by atoms with van der Waals surface area (Å²) in [4.78, 5) is 3.55. The summed E-state index contributed by atoms with van der Waals surface area (Å²) in [5.41, 5.74) is 11.1. The summed E-state index contributed by atoms with van der Waals surface area (Å²) in [6.45, 7) is 4.87. The van der Waals surface area contributed by atoms with Gasteiger partial charge in [-0.1, -0.05) is 18.2 Å². The van der Waals surface area contributed by atoms with Crippen LogP contribution in [-0.2, 0) is 0 Å². The second-order valence-corrected chi connectivity index (χ2v) is 6.36. The zero-order chi connectivity index (χ0) is 15.4. The molecule has 0 aromatic heterocycles. The van der Waals surface area contributed by atoms with Gasteiger partial charge in [-0.25, -0.2) is 0 Å². The molecular formula is C18H24N2S. The summed E-state index contributed by atoms with van der Waals surface area (Å²) >= 11 is 1.76. The molecule has 2 aromatic carbocycles. The third kappa shape index (κ3) is 3.80. The van der Waals surface area contributed by atoms with E-state index in [1.54, 1.807) is 11.8 Å². The topological polar surface area (TPSA) is 29.3 Å². The molecule has 0 saturated heterocycles. The van der Waals surface area contributed by atoms with Crippen LogP contribution in [0.5, 0.6) is 0 Å². The van der Waals surface area contributed by atoms with E-state index < -0.39 is 0 Å². The highest BCUT2D eigenvalue weighted by atomic mass is 32.2. The third-order valence-corrected chi connectivity index (χ3v) is 4.55. The Morgan fingerprint density at radius 2 is 1.62 bits per heavy atom. The lowest BCUT2D eigenvalue weighted by atomic mass is 10.0. The van der Waals surface area contributed by atoms with Crippen LogP contribution < -0.4 is 10.6 Å². The van der Waals surface area contributed by atoms with Gasteiger partial charge < -0.3 is 10.6 Å². The molecule has 0 aliphatic carbocycles. The molecule has 2 nitrogen and oxygen atoms in total. The second-order valence-electron chi connectivity index (χ2n) is 5.48. The van der Waals surface area contributed by atoms with E-state index in [-0.39, 0.29) is 6.04 Å². The van der Waals surface area contributed by atoms with Gasteiger partial charge in [0.15, 0.2) is 0 Å². The number of thioether (sulfide) groups is 1. The van der Waals surface area contributed by atoms with Gasteiger partial charge in [-0.2, -0.15) is 0 Å². The first-order valence-corrected chi connectivity index (χ1v) is 8.42. The second kappa shape index (κ2) is 7.01. The predicted octanol–water partition coefficient (Wildman–Crippen LogP) is 4.16. The lowest BCUT2D eigenvalue weighted by molar-refractivity contribution is 0.680. The van der Waals surface area contributed by atoms with Crippen LogP contribution in [0.15, 0.2) is 47.4 Å². The minimum absolute atomic E-state index is 0.196. The quantitative estimate of drug-likeness (QED) is 0.841. The number of anilines is 1. The van der Waals surface area contributed by atoms with E-state index in [0.717, 1.165) is 0 Å². The van der Waals surface area contributed by atoms with Crippen molar-refractivity contribution < 1.29 is 0 Å². The van der Waals surface area contributed by atoms with Crippen molar-refractivity contribution >= 4 is 17.4 Å². The first-order valence-electron chi connectivity index (χ1n) is 7.20. The van der Waals surface area contributed by atoms with Crippen LogP contribution in [0.3, 0.4) is 0 Å². The SMILES string of the molecule is CSc1ccc(C(CN)N(C)c2cc(C)cc(C)c2)cc1. The fraction of sp³-hybridized carbons (Fsp3) is 0.333. The molecule has 0 heterocycles. The van der Waals surface area contributed by atoms with Gasteiger partial charge in [0.1, 0.15) is 0 Å². The smallest absolute Gasteiger partial charge is 0.0661 e. The van der Waals surface area contributed by atoms with Crippen LogP contribution in [0.25, 0.3) is 0 Å². The molecule has 1 atom stereocenters. The maximum atomic E-state index is 6.04. The van der Waals surface area contributed by atoms with E-state index >= 15 is 0 Å². The molecule has 3 heteroatoms. The molecule has 0 aliphatic rings. The summed E-state index contributed by atoms with van der Waals surface area (Å²) in [7, 11) is 2.12. The van der Waals surface area contributed by atoms with Gasteiger partial charge >= 0.3 is 0 Å². The highest BCUT2D eigenvalue weighted by molar-refractivity contribution is 7.98. The molecule has 0 radical (unpaired) electrons. The predicted molar refractivity (Wildman–Crippen MR) is 94.3 cm³/mol. The monoisotopic (exact) mass is 300 g/mol. The Morgan fingerprint density at radius 3 is 2.10 bits per heavy atom. The summed E-state index contributed by atoms with van der Waals surface area (Å²) in [5, 5.41) is 0. The van der Waals surface area contributed by atoms with Gasteiger partial charge in [0.25, 0.3) is 0 Å². The molecule has 21 heavy (non-hydrogen) atoms. The van der Waals surface area contributed by atoms with Crippen molar-refractivity contribution in [3.05, 3.63) is 59.2 Å². The molecule has 0 spiro atoms. The number of aryl methyl sites for hydroxylation is 2. The molecule has 0 bridgehead atoms. The van der Waals surface area contributed by atoms with Gasteiger partial charge in [0, 0.05) is 24.2 Å². The lowest BCUT2D eigenvalue weighted by Gasteiger charge is -2.30. The molecule has 2 aromatic rings. The van der Waals surface area contributed by atoms with Crippen LogP contribution in [-0.4, -0.2) is 19.8 Å². The van der Waals surface area contributed by atoms with Crippen molar-refractivity contribution in [1.29, 1.82) is 0 Å². The van der Waals surface area contributed by atoms with E-state index in [9.17, 15) is 0 Å². The Kier molecular flexibility index (Phi) is 5.32. The summed E-state index contributed by atoms with van der Waals surface area (Å²) in [5.74, 6) is 0.